The highest BCUT2D eigenvalue weighted by atomic mass is 35.5. The van der Waals surface area contributed by atoms with Crippen molar-refractivity contribution in [3.63, 3.8) is 0 Å². The number of anilines is 1. The van der Waals surface area contributed by atoms with Crippen molar-refractivity contribution >= 4 is 39.1 Å². The van der Waals surface area contributed by atoms with Gasteiger partial charge in [-0.15, -0.1) is 0 Å². The minimum atomic E-state index is -4.80. The van der Waals surface area contributed by atoms with Crippen molar-refractivity contribution in [2.75, 3.05) is 17.4 Å². The second kappa shape index (κ2) is 13.2. The van der Waals surface area contributed by atoms with Gasteiger partial charge in [-0.1, -0.05) is 60.1 Å². The summed E-state index contributed by atoms with van der Waals surface area (Å²) in [5, 5.41) is 2.51. The summed E-state index contributed by atoms with van der Waals surface area (Å²) in [5.74, 6) is -1.27. The largest absolute Gasteiger partial charge is 0.416 e. The highest BCUT2D eigenvalue weighted by Gasteiger charge is 2.36. The smallest absolute Gasteiger partial charge is 0.350 e. The molecule has 42 heavy (non-hydrogen) atoms. The molecule has 0 aliphatic rings. The van der Waals surface area contributed by atoms with E-state index in [1.54, 1.807) is 26.8 Å². The predicted octanol–water partition coefficient (Wildman–Crippen LogP) is 5.93. The van der Waals surface area contributed by atoms with Gasteiger partial charge in [0.15, 0.2) is 0 Å². The number of benzene rings is 3. The van der Waals surface area contributed by atoms with Crippen molar-refractivity contribution < 1.29 is 31.2 Å². The number of sulfonamides is 1. The van der Waals surface area contributed by atoms with Gasteiger partial charge in [0.2, 0.25) is 11.8 Å². The van der Waals surface area contributed by atoms with Crippen LogP contribution in [-0.2, 0) is 32.2 Å². The summed E-state index contributed by atoms with van der Waals surface area (Å²) >= 11 is 6.26. The fourth-order valence-electron chi connectivity index (χ4n) is 4.16. The molecule has 3 aromatic rings. The number of carbonyl (C=O) groups excluding carboxylic acids is 2. The SMILES string of the molecule is CC(C(=O)NC(C)(C)C)N(CCc1ccccc1)C(=O)CN(c1cc(C(F)(F)F)ccc1Cl)S(=O)(=O)c1ccccc1. The van der Waals surface area contributed by atoms with Crippen LogP contribution in [0.15, 0.2) is 83.8 Å². The Hall–Kier alpha value is -3.57. The Morgan fingerprint density at radius 2 is 1.50 bits per heavy atom. The molecule has 0 saturated carbocycles. The van der Waals surface area contributed by atoms with Gasteiger partial charge in [0, 0.05) is 12.1 Å². The number of hydrogen-bond acceptors (Lipinski definition) is 4. The predicted molar refractivity (Wildman–Crippen MR) is 157 cm³/mol. The summed E-state index contributed by atoms with van der Waals surface area (Å²) in [5.41, 5.74) is -1.40. The van der Waals surface area contributed by atoms with E-state index in [2.05, 4.69) is 5.32 Å². The first-order valence-electron chi connectivity index (χ1n) is 13.1. The molecule has 7 nitrogen and oxygen atoms in total. The lowest BCUT2D eigenvalue weighted by Gasteiger charge is -2.33. The zero-order valence-corrected chi connectivity index (χ0v) is 25.2. The lowest BCUT2D eigenvalue weighted by atomic mass is 10.1. The van der Waals surface area contributed by atoms with Crippen molar-refractivity contribution in [1.29, 1.82) is 0 Å². The molecule has 0 aliphatic heterocycles. The van der Waals surface area contributed by atoms with E-state index in [9.17, 15) is 31.2 Å². The molecule has 1 N–H and O–H groups in total. The van der Waals surface area contributed by atoms with E-state index in [1.807, 2.05) is 30.3 Å². The molecule has 1 atom stereocenters. The molecule has 3 aromatic carbocycles. The Labute approximate surface area is 249 Å². The zero-order valence-electron chi connectivity index (χ0n) is 23.7. The van der Waals surface area contributed by atoms with Crippen LogP contribution in [0, 0.1) is 0 Å². The van der Waals surface area contributed by atoms with Gasteiger partial charge in [0.1, 0.15) is 12.6 Å². The Bertz CT molecular complexity index is 1500. The second-order valence-corrected chi connectivity index (χ2v) is 13.0. The molecule has 0 fully saturated rings. The van der Waals surface area contributed by atoms with Crippen LogP contribution in [0.1, 0.15) is 38.8 Å². The maximum absolute atomic E-state index is 13.9. The molecule has 0 heterocycles. The summed E-state index contributed by atoms with van der Waals surface area (Å²) in [6.45, 7) is 5.97. The normalized spacial score (nSPS) is 12.9. The third kappa shape index (κ3) is 8.48. The molecular weight excluding hydrogens is 591 g/mol. The van der Waals surface area contributed by atoms with E-state index in [0.29, 0.717) is 16.8 Å². The van der Waals surface area contributed by atoms with Gasteiger partial charge in [-0.05, 0) is 70.0 Å². The maximum Gasteiger partial charge on any atom is 0.416 e. The molecule has 0 aliphatic carbocycles. The third-order valence-corrected chi connectivity index (χ3v) is 8.40. The molecule has 0 spiro atoms. The van der Waals surface area contributed by atoms with Gasteiger partial charge >= 0.3 is 6.18 Å². The quantitative estimate of drug-likeness (QED) is 0.303. The van der Waals surface area contributed by atoms with E-state index in [-0.39, 0.29) is 16.5 Å². The molecule has 1 unspecified atom stereocenters. The van der Waals surface area contributed by atoms with E-state index in [0.717, 1.165) is 17.7 Å². The first kappa shape index (κ1) is 32.9. The Balaban J connectivity index is 2.08. The van der Waals surface area contributed by atoms with Crippen molar-refractivity contribution in [1.82, 2.24) is 10.2 Å². The Morgan fingerprint density at radius 1 is 0.929 bits per heavy atom. The number of hydrogen-bond donors (Lipinski definition) is 1. The Morgan fingerprint density at radius 3 is 2.05 bits per heavy atom. The average molecular weight is 624 g/mol. The lowest BCUT2D eigenvalue weighted by Crippen LogP contribution is -2.55. The number of nitrogens with zero attached hydrogens (tertiary/aromatic N) is 2. The molecule has 0 aromatic heterocycles. The molecule has 226 valence electrons. The van der Waals surface area contributed by atoms with Crippen LogP contribution in [0.5, 0.6) is 0 Å². The first-order chi connectivity index (χ1) is 19.5. The van der Waals surface area contributed by atoms with Gasteiger partial charge < -0.3 is 10.2 Å². The van der Waals surface area contributed by atoms with Gasteiger partial charge in [-0.3, -0.25) is 13.9 Å². The van der Waals surface area contributed by atoms with E-state index >= 15 is 0 Å². The minimum Gasteiger partial charge on any atom is -0.350 e. The molecular formula is C30H33ClF3N3O4S. The van der Waals surface area contributed by atoms with Gasteiger partial charge in [0.25, 0.3) is 10.0 Å². The maximum atomic E-state index is 13.9. The molecule has 0 bridgehead atoms. The van der Waals surface area contributed by atoms with Gasteiger partial charge in [-0.25, -0.2) is 8.42 Å². The van der Waals surface area contributed by atoms with Crippen molar-refractivity contribution in [3.8, 4) is 0 Å². The highest BCUT2D eigenvalue weighted by molar-refractivity contribution is 7.92. The second-order valence-electron chi connectivity index (χ2n) is 10.7. The molecule has 0 radical (unpaired) electrons. The van der Waals surface area contributed by atoms with Crippen molar-refractivity contribution in [2.45, 2.75) is 56.8 Å². The number of rotatable bonds is 10. The first-order valence-corrected chi connectivity index (χ1v) is 14.9. The summed E-state index contributed by atoms with van der Waals surface area (Å²) in [4.78, 5) is 28.0. The minimum absolute atomic E-state index is 0.0388. The highest BCUT2D eigenvalue weighted by Crippen LogP contribution is 2.37. The van der Waals surface area contributed by atoms with Crippen LogP contribution in [0.4, 0.5) is 18.9 Å². The number of halogens is 4. The van der Waals surface area contributed by atoms with Crippen molar-refractivity contribution in [2.24, 2.45) is 0 Å². The van der Waals surface area contributed by atoms with E-state index < -0.39 is 57.4 Å². The van der Waals surface area contributed by atoms with Crippen LogP contribution in [-0.4, -0.2) is 49.8 Å². The van der Waals surface area contributed by atoms with Crippen LogP contribution in [0.3, 0.4) is 0 Å². The number of alkyl halides is 3. The van der Waals surface area contributed by atoms with Crippen molar-refractivity contribution in [3.05, 3.63) is 95.0 Å². The standard InChI is InChI=1S/C30H33ClF3N3O4S/c1-21(28(39)35-29(2,3)4)36(18-17-22-11-7-5-8-12-22)27(38)20-37(42(40,41)24-13-9-6-10-14-24)26-19-23(30(32,33)34)15-16-25(26)31/h5-16,19,21H,17-18,20H2,1-4H3,(H,35,39). The third-order valence-electron chi connectivity index (χ3n) is 6.30. The molecule has 2 amide bonds. The number of nitrogens with one attached hydrogen (secondary N) is 1. The summed E-state index contributed by atoms with van der Waals surface area (Å²) in [7, 11) is -4.58. The van der Waals surface area contributed by atoms with Gasteiger partial charge in [0.05, 0.1) is 21.2 Å². The van der Waals surface area contributed by atoms with Gasteiger partial charge in [-0.2, -0.15) is 13.2 Å². The van der Waals surface area contributed by atoms with Crippen LogP contribution >= 0.6 is 11.6 Å². The van der Waals surface area contributed by atoms with Crippen LogP contribution < -0.4 is 9.62 Å². The number of carbonyl (C=O) groups is 2. The number of amides is 2. The average Bonchev–Trinajstić information content (AvgIpc) is 2.91. The summed E-state index contributed by atoms with van der Waals surface area (Å²) in [6, 6.07) is 17.4. The topological polar surface area (TPSA) is 86.8 Å². The summed E-state index contributed by atoms with van der Waals surface area (Å²) in [6.07, 6.45) is -4.46. The van der Waals surface area contributed by atoms with Crippen LogP contribution in [0.25, 0.3) is 0 Å². The Kier molecular flexibility index (Phi) is 10.3. The summed E-state index contributed by atoms with van der Waals surface area (Å²) < 4.78 is 69.1. The van der Waals surface area contributed by atoms with E-state index in [4.69, 9.17) is 11.6 Å². The lowest BCUT2D eigenvalue weighted by molar-refractivity contribution is -0.139. The zero-order chi connectivity index (χ0) is 31.3. The molecule has 0 saturated heterocycles. The van der Waals surface area contributed by atoms with E-state index in [1.165, 1.54) is 36.1 Å². The van der Waals surface area contributed by atoms with Crippen LogP contribution in [0.2, 0.25) is 5.02 Å². The molecule has 3 rings (SSSR count). The fourth-order valence-corrected chi connectivity index (χ4v) is 5.87. The monoisotopic (exact) mass is 623 g/mol. The fraction of sp³-hybridized carbons (Fsp3) is 0.333. The molecule has 12 heteroatoms.